The largest absolute Gasteiger partial charge is 0.510 e. The van der Waals surface area contributed by atoms with Gasteiger partial charge in [-0.2, -0.15) is 17.7 Å². The van der Waals surface area contributed by atoms with Crippen LogP contribution in [0.4, 0.5) is 0 Å². The van der Waals surface area contributed by atoms with Gasteiger partial charge in [0.15, 0.2) is 8.07 Å². The molecular weight excluding hydrogens is 1280 g/mol. The summed E-state index contributed by atoms with van der Waals surface area (Å²) in [4.78, 5) is 4.88. The van der Waals surface area contributed by atoms with Gasteiger partial charge in [0, 0.05) is 69.0 Å². The molecule has 0 fully saturated rings. The summed E-state index contributed by atoms with van der Waals surface area (Å²) in [6, 6.07) is 76.1. The third-order valence-corrected chi connectivity index (χ3v) is 22.0. The predicted octanol–water partition coefficient (Wildman–Crippen LogP) is 17.5. The van der Waals surface area contributed by atoms with Crippen molar-refractivity contribution < 1.29 is 55.0 Å². The molecule has 14 rings (SSSR count). The number of benzene rings is 10. The van der Waals surface area contributed by atoms with E-state index in [1.54, 1.807) is 35.0 Å². The van der Waals surface area contributed by atoms with Gasteiger partial charge in [0.25, 0.3) is 6.33 Å². The number of aromatic nitrogens is 4. The number of fused-ring (bicyclic) bond motifs is 10. The van der Waals surface area contributed by atoms with Crippen LogP contribution in [0.2, 0.25) is 0 Å². The van der Waals surface area contributed by atoms with Crippen molar-refractivity contribution >= 4 is 61.7 Å². The van der Waals surface area contributed by atoms with E-state index in [1.807, 2.05) is 203 Å². The second kappa shape index (κ2) is 22.1. The Morgan fingerprint density at radius 3 is 1.69 bits per heavy atom. The Bertz CT molecular complexity index is 5420. The average molecular weight is 1370 g/mol. The Hall–Kier alpha value is -8.67. The minimum atomic E-state index is -4.15. The number of rotatable bonds is 8. The first kappa shape index (κ1) is 41.5. The number of pyridine rings is 1. The molecule has 13 aromatic rings. The molecule has 10 aromatic carbocycles. The van der Waals surface area contributed by atoms with E-state index >= 15 is 0 Å². The van der Waals surface area contributed by atoms with Gasteiger partial charge in [-0.25, -0.2) is 4.98 Å². The molecule has 0 saturated heterocycles. The number of hydrogen-bond acceptors (Lipinski definition) is 2. The van der Waals surface area contributed by atoms with Crippen molar-refractivity contribution in [2.45, 2.75) is 104 Å². The van der Waals surface area contributed by atoms with E-state index in [0.29, 0.717) is 56.1 Å². The summed E-state index contributed by atoms with van der Waals surface area (Å²) in [7, 11) is -3.73. The molecule has 444 valence electrons. The van der Waals surface area contributed by atoms with Crippen LogP contribution in [0, 0.1) is 18.5 Å². The van der Waals surface area contributed by atoms with E-state index in [-0.39, 0.29) is 54.6 Å². The molecule has 0 aliphatic carbocycles. The van der Waals surface area contributed by atoms with Gasteiger partial charge in [-0.05, 0) is 122 Å². The van der Waals surface area contributed by atoms with Crippen LogP contribution in [0.5, 0.6) is 11.5 Å². The Balaban J connectivity index is 0.0000101. The quantitative estimate of drug-likeness (QED) is 0.0658. The number of hydrogen-bond donors (Lipinski definition) is 0. The zero-order chi connectivity index (χ0) is 76.1. The summed E-state index contributed by atoms with van der Waals surface area (Å²) in [5, 5.41) is 5.15. The summed E-state index contributed by atoms with van der Waals surface area (Å²) < 4.78 is 182. The molecule has 0 saturated carbocycles. The molecule has 0 radical (unpaired) electrons. The van der Waals surface area contributed by atoms with Crippen molar-refractivity contribution in [1.82, 2.24) is 14.1 Å². The zero-order valence-corrected chi connectivity index (χ0v) is 53.2. The van der Waals surface area contributed by atoms with E-state index in [1.165, 1.54) is 4.57 Å². The van der Waals surface area contributed by atoms with Gasteiger partial charge in [0.2, 0.25) is 0 Å². The van der Waals surface area contributed by atoms with Crippen LogP contribution >= 0.6 is 0 Å². The average Bonchev–Trinajstić information content (AvgIpc) is 1.40. The van der Waals surface area contributed by atoms with Gasteiger partial charge in [-0.15, -0.1) is 29.7 Å². The molecular formula is C82H74N4OPtSi-2. The van der Waals surface area contributed by atoms with Crippen molar-refractivity contribution in [3.8, 4) is 62.1 Å². The van der Waals surface area contributed by atoms with E-state index in [4.69, 9.17) is 9.72 Å². The second-order valence-electron chi connectivity index (χ2n) is 25.1. The SMILES string of the molecule is [2H]C([2H])([2H])C(c1cc2c(c(C(C([2H])([2H])[2H])(C([2H])([2H])[2H])C([2H])([2H])[2H])c1)-[n+]1[c-]n(-c3[c-]c(Oc4[c-]c5c(cc4)c4ccccc4n5-c4cc(C(C)(C)C)ccn4)cc(C(C)(C)C)c3)c3cccc(c31)-c1ccccc1-c1ccc([Si](c3ccccc3)(c3ccccc3)c3ccccc3)cc1-2)(C([2H])([2H])[2H])C([2H])([2H])[2H].[Pt]. The smallest absolute Gasteiger partial charge is 0.268 e. The summed E-state index contributed by atoms with van der Waals surface area (Å²) in [5.74, 6) is 1.18. The van der Waals surface area contributed by atoms with E-state index in [0.717, 1.165) is 49.0 Å². The third-order valence-electron chi connectivity index (χ3n) is 17.3. The molecule has 0 N–H and O–H groups in total. The Kier molecular flexibility index (Phi) is 10.3. The molecule has 0 spiro atoms. The van der Waals surface area contributed by atoms with Crippen LogP contribution in [0.3, 0.4) is 0 Å². The summed E-state index contributed by atoms with van der Waals surface area (Å²) in [5.41, 5.74) is -5.96. The van der Waals surface area contributed by atoms with Crippen molar-refractivity contribution in [2.24, 2.45) is 0 Å². The summed E-state index contributed by atoms with van der Waals surface area (Å²) in [6.07, 6.45) is 5.30. The van der Waals surface area contributed by atoms with E-state index in [9.17, 15) is 24.7 Å². The number of nitrogens with zero attached hydrogens (tertiary/aromatic N) is 4. The fourth-order valence-electron chi connectivity index (χ4n) is 13.0. The van der Waals surface area contributed by atoms with Crippen LogP contribution in [-0.2, 0) is 42.7 Å². The first-order chi connectivity index (χ1) is 49.7. The third kappa shape index (κ3) is 10.2. The fourth-order valence-corrected chi connectivity index (χ4v) is 17.8. The molecule has 3 aromatic heterocycles. The van der Waals surface area contributed by atoms with Crippen LogP contribution in [-0.4, -0.2) is 22.2 Å². The molecule has 7 heteroatoms. The van der Waals surface area contributed by atoms with Crippen LogP contribution in [0.1, 0.15) is 130 Å². The van der Waals surface area contributed by atoms with Gasteiger partial charge in [0.05, 0.1) is 16.7 Å². The molecule has 89 heavy (non-hydrogen) atoms. The second-order valence-corrected chi connectivity index (χ2v) is 28.9. The minimum absolute atomic E-state index is 0. The first-order valence-corrected chi connectivity index (χ1v) is 31.4. The number of para-hydroxylation sites is 2. The summed E-state index contributed by atoms with van der Waals surface area (Å²) in [6.45, 7) is -12.2. The molecule has 5 nitrogen and oxygen atoms in total. The maximum absolute atomic E-state index is 9.61. The van der Waals surface area contributed by atoms with Crippen molar-refractivity contribution in [3.63, 3.8) is 0 Å². The first-order valence-electron chi connectivity index (χ1n) is 38.4. The predicted molar refractivity (Wildman–Crippen MR) is 368 cm³/mol. The van der Waals surface area contributed by atoms with Crippen LogP contribution < -0.4 is 30.1 Å². The van der Waals surface area contributed by atoms with Gasteiger partial charge in [0.1, 0.15) is 5.82 Å². The maximum atomic E-state index is 9.61. The summed E-state index contributed by atoms with van der Waals surface area (Å²) >= 11 is 0. The number of imidazole rings is 1. The van der Waals surface area contributed by atoms with Crippen molar-refractivity contribution in [3.05, 3.63) is 271 Å². The van der Waals surface area contributed by atoms with E-state index in [2.05, 4.69) is 49.9 Å². The standard InChI is InChI=1S/C82H74N4OSi.Pt/c1-79(2,3)54-43-44-83-76(49-54)86-73-37-25-24-35-67(73)68-41-39-58(51-75(68)86)87-59-46-55(80(4,5)6)45-57(50-59)84-53-85-77-71(47-56(81(7,8)9)48-72(77)82(10,11)12)70-52-63(40-42-66(70)64-33-22-23-34-65(64)69-36-26-38-74(84)78(69)85)88(60-27-16-13-17-28-60,61-29-18-14-19-30-61)62-31-20-15-21-32-62;/h13-49,52H,1-12H3;/q-2;/i7D3,8D3,9D3,10D3,11D3,12D3;. The Morgan fingerprint density at radius 2 is 1.03 bits per heavy atom. The van der Waals surface area contributed by atoms with Gasteiger partial charge in [-0.1, -0.05) is 270 Å². The van der Waals surface area contributed by atoms with Crippen molar-refractivity contribution in [1.29, 1.82) is 0 Å². The number of ether oxygens (including phenoxy) is 1. The molecule has 1 aliphatic heterocycles. The molecule has 4 heterocycles. The van der Waals surface area contributed by atoms with Gasteiger partial charge >= 0.3 is 0 Å². The maximum Gasteiger partial charge on any atom is 0.268 e. The monoisotopic (exact) mass is 1370 g/mol. The molecule has 0 bridgehead atoms. The van der Waals surface area contributed by atoms with E-state index < -0.39 is 82.2 Å². The molecule has 1 aliphatic rings. The van der Waals surface area contributed by atoms with Crippen molar-refractivity contribution in [2.75, 3.05) is 0 Å². The fraction of sp³-hybridized carbons (Fsp3) is 0.195. The Morgan fingerprint density at radius 1 is 0.449 bits per heavy atom. The van der Waals surface area contributed by atoms with Gasteiger partial charge in [-0.3, -0.25) is 4.57 Å². The molecule has 0 unspecified atom stereocenters. The minimum Gasteiger partial charge on any atom is -0.510 e. The molecule has 0 amide bonds. The van der Waals surface area contributed by atoms with Crippen LogP contribution in [0.25, 0.3) is 83.4 Å². The van der Waals surface area contributed by atoms with Gasteiger partial charge < -0.3 is 13.9 Å². The topological polar surface area (TPSA) is 35.9 Å². The Labute approximate surface area is 565 Å². The normalized spacial score (nSPS) is 16.5. The van der Waals surface area contributed by atoms with Crippen LogP contribution in [0.15, 0.2) is 231 Å². The molecule has 0 atom stereocenters. The zero-order valence-electron chi connectivity index (χ0n) is 68.0.